The summed E-state index contributed by atoms with van der Waals surface area (Å²) in [4.78, 5) is 39.6. The Hall–Kier alpha value is -4.17. The van der Waals surface area contributed by atoms with Crippen molar-refractivity contribution < 1.29 is 24.6 Å². The van der Waals surface area contributed by atoms with E-state index < -0.39 is 24.3 Å². The highest BCUT2D eigenvalue weighted by Crippen LogP contribution is 2.30. The molecule has 1 heterocycles. The first kappa shape index (κ1) is 23.0. The van der Waals surface area contributed by atoms with Crippen LogP contribution in [0.25, 0.3) is 17.2 Å². The van der Waals surface area contributed by atoms with Crippen LogP contribution in [0, 0.1) is 0 Å². The molecule has 1 aliphatic rings. The lowest BCUT2D eigenvalue weighted by molar-refractivity contribution is -0.145. The molecule has 170 valence electrons. The van der Waals surface area contributed by atoms with E-state index in [4.69, 9.17) is 5.11 Å². The summed E-state index contributed by atoms with van der Waals surface area (Å²) in [7, 11) is 0. The molecule has 8 heteroatoms. The molecule has 0 spiro atoms. The van der Waals surface area contributed by atoms with E-state index in [9.17, 15) is 19.5 Å². The molecule has 4 rings (SSSR count). The Morgan fingerprint density at radius 1 is 0.912 bits per heavy atom. The molecule has 0 radical (unpaired) electrons. The molecule has 0 saturated carbocycles. The number of rotatable bonds is 7. The smallest absolute Gasteiger partial charge is 0.311 e. The molecule has 1 amide bonds. The molecule has 1 unspecified atom stereocenters. The van der Waals surface area contributed by atoms with Crippen LogP contribution in [-0.2, 0) is 14.4 Å². The van der Waals surface area contributed by atoms with Gasteiger partial charge in [-0.2, -0.15) is 0 Å². The molecule has 3 aromatic carbocycles. The lowest BCUT2D eigenvalue weighted by Crippen LogP contribution is -2.19. The van der Waals surface area contributed by atoms with Crippen molar-refractivity contribution in [2.24, 2.45) is 4.99 Å². The summed E-state index contributed by atoms with van der Waals surface area (Å²) < 4.78 is 0. The minimum atomic E-state index is -1.20. The molecule has 1 aliphatic heterocycles. The van der Waals surface area contributed by atoms with Gasteiger partial charge in [0.05, 0.1) is 22.9 Å². The van der Waals surface area contributed by atoms with Crippen LogP contribution in [0.15, 0.2) is 88.8 Å². The second-order valence-electron chi connectivity index (χ2n) is 7.55. The van der Waals surface area contributed by atoms with E-state index in [1.165, 1.54) is 23.9 Å². The minimum absolute atomic E-state index is 0.250. The molecule has 1 atom stereocenters. The minimum Gasteiger partial charge on any atom is -0.481 e. The van der Waals surface area contributed by atoms with Crippen LogP contribution >= 0.6 is 11.8 Å². The van der Waals surface area contributed by atoms with Gasteiger partial charge in [0.2, 0.25) is 0 Å². The van der Waals surface area contributed by atoms with E-state index in [1.807, 2.05) is 54.6 Å². The lowest BCUT2D eigenvalue weighted by atomic mass is 9.96. The van der Waals surface area contributed by atoms with Crippen molar-refractivity contribution in [3.05, 3.63) is 94.9 Å². The topological polar surface area (TPSA) is 116 Å². The Kier molecular flexibility index (Phi) is 6.89. The third-order valence-electron chi connectivity index (χ3n) is 5.17. The monoisotopic (exact) mass is 472 g/mol. The van der Waals surface area contributed by atoms with Gasteiger partial charge in [-0.15, -0.1) is 0 Å². The van der Waals surface area contributed by atoms with Gasteiger partial charge in [0.1, 0.15) is 0 Å². The number of nitrogens with one attached hydrogen (secondary N) is 1. The maximum Gasteiger partial charge on any atom is 0.311 e. The summed E-state index contributed by atoms with van der Waals surface area (Å²) in [6, 6.07) is 24.2. The van der Waals surface area contributed by atoms with Gasteiger partial charge in [-0.05, 0) is 52.2 Å². The Balaban J connectivity index is 1.47. The van der Waals surface area contributed by atoms with E-state index in [2.05, 4.69) is 10.3 Å². The predicted octanol–water partition coefficient (Wildman–Crippen LogP) is 4.89. The Labute approximate surface area is 199 Å². The average molecular weight is 473 g/mol. The van der Waals surface area contributed by atoms with Crippen LogP contribution in [0.5, 0.6) is 0 Å². The third-order valence-corrected chi connectivity index (χ3v) is 6.08. The molecule has 3 aromatic rings. The van der Waals surface area contributed by atoms with E-state index >= 15 is 0 Å². The van der Waals surface area contributed by atoms with Crippen LogP contribution in [0.3, 0.4) is 0 Å². The van der Waals surface area contributed by atoms with Crippen LogP contribution in [-0.4, -0.2) is 33.2 Å². The number of carbonyl (C=O) groups is 3. The number of aliphatic carboxylic acids is 2. The van der Waals surface area contributed by atoms with Crippen molar-refractivity contribution in [3.8, 4) is 11.1 Å². The highest BCUT2D eigenvalue weighted by Gasteiger charge is 2.25. The lowest BCUT2D eigenvalue weighted by Gasteiger charge is -2.10. The van der Waals surface area contributed by atoms with Gasteiger partial charge in [0.15, 0.2) is 5.17 Å². The standard InChI is InChI=1S/C26H20N2O5S/c29-23(30)15-21(25(32)33)19-10-12-20(13-11-19)27-26-28-24(31)22(34-26)14-16-6-8-18(9-7-16)17-4-2-1-3-5-17/h1-14,21H,15H2,(H,29,30)(H,32,33)(H,27,28,31)/b22-14-. The van der Waals surface area contributed by atoms with Gasteiger partial charge in [-0.25, -0.2) is 4.99 Å². The molecule has 1 fully saturated rings. The van der Waals surface area contributed by atoms with Gasteiger partial charge >= 0.3 is 11.9 Å². The van der Waals surface area contributed by atoms with Gasteiger partial charge < -0.3 is 15.5 Å². The molecule has 0 aromatic heterocycles. The fourth-order valence-corrected chi connectivity index (χ4v) is 4.30. The number of amidine groups is 1. The van der Waals surface area contributed by atoms with Crippen molar-refractivity contribution in [1.29, 1.82) is 0 Å². The van der Waals surface area contributed by atoms with E-state index in [0.717, 1.165) is 16.7 Å². The van der Waals surface area contributed by atoms with Crippen molar-refractivity contribution in [2.75, 3.05) is 0 Å². The molecule has 0 aliphatic carbocycles. The number of amides is 1. The first-order valence-electron chi connectivity index (χ1n) is 10.4. The predicted molar refractivity (Wildman–Crippen MR) is 132 cm³/mol. The highest BCUT2D eigenvalue weighted by atomic mass is 32.2. The second kappa shape index (κ2) is 10.2. The summed E-state index contributed by atoms with van der Waals surface area (Å²) in [6.07, 6.45) is 1.29. The van der Waals surface area contributed by atoms with Gasteiger partial charge in [0, 0.05) is 0 Å². The number of hydrogen-bond acceptors (Lipinski definition) is 5. The summed E-state index contributed by atoms with van der Waals surface area (Å²) in [5.41, 5.74) is 3.99. The van der Waals surface area contributed by atoms with Crippen molar-refractivity contribution in [1.82, 2.24) is 5.32 Å². The fourth-order valence-electron chi connectivity index (χ4n) is 3.46. The normalized spacial score (nSPS) is 16.4. The zero-order valence-corrected chi connectivity index (χ0v) is 18.7. The number of thioether (sulfide) groups is 1. The molecule has 1 saturated heterocycles. The van der Waals surface area contributed by atoms with Crippen LogP contribution in [0.4, 0.5) is 5.69 Å². The largest absolute Gasteiger partial charge is 0.481 e. The van der Waals surface area contributed by atoms with Gasteiger partial charge in [0.25, 0.3) is 5.91 Å². The number of carboxylic acid groups (broad SMARTS) is 2. The maximum absolute atomic E-state index is 12.4. The second-order valence-corrected chi connectivity index (χ2v) is 8.58. The highest BCUT2D eigenvalue weighted by molar-refractivity contribution is 8.18. The first-order chi connectivity index (χ1) is 16.4. The zero-order chi connectivity index (χ0) is 24.1. The van der Waals surface area contributed by atoms with Gasteiger partial charge in [-0.3, -0.25) is 14.4 Å². The number of nitrogens with zero attached hydrogens (tertiary/aromatic N) is 1. The first-order valence-corrected chi connectivity index (χ1v) is 11.2. The average Bonchev–Trinajstić information content (AvgIpc) is 3.17. The van der Waals surface area contributed by atoms with Gasteiger partial charge in [-0.1, -0.05) is 66.7 Å². The molecule has 0 bridgehead atoms. The zero-order valence-electron chi connectivity index (χ0n) is 17.8. The van der Waals surface area contributed by atoms with E-state index in [1.54, 1.807) is 18.2 Å². The third kappa shape index (κ3) is 5.60. The number of carboxylic acids is 2. The molecule has 3 N–H and O–H groups in total. The Morgan fingerprint density at radius 2 is 1.56 bits per heavy atom. The van der Waals surface area contributed by atoms with Crippen LogP contribution in [0.2, 0.25) is 0 Å². The molecular weight excluding hydrogens is 452 g/mol. The SMILES string of the molecule is O=C(O)CC(C(=O)O)c1ccc(N=C2NC(=O)/C(=C/c3ccc(-c4ccccc4)cc3)S2)cc1. The Morgan fingerprint density at radius 3 is 2.18 bits per heavy atom. The number of benzene rings is 3. The molecular formula is C26H20N2O5S. The van der Waals surface area contributed by atoms with Crippen molar-refractivity contribution >= 4 is 46.5 Å². The summed E-state index contributed by atoms with van der Waals surface area (Å²) in [5, 5.41) is 21.3. The number of hydrogen-bond donors (Lipinski definition) is 3. The maximum atomic E-state index is 12.4. The quantitative estimate of drug-likeness (QED) is 0.422. The summed E-state index contributed by atoms with van der Waals surface area (Å²) in [5.74, 6) is -3.77. The van der Waals surface area contributed by atoms with Crippen molar-refractivity contribution in [2.45, 2.75) is 12.3 Å². The molecule has 34 heavy (non-hydrogen) atoms. The van der Waals surface area contributed by atoms with E-state index in [-0.39, 0.29) is 5.91 Å². The van der Waals surface area contributed by atoms with E-state index in [0.29, 0.717) is 21.3 Å². The van der Waals surface area contributed by atoms with Crippen LogP contribution in [0.1, 0.15) is 23.5 Å². The summed E-state index contributed by atoms with van der Waals surface area (Å²) in [6.45, 7) is 0. The van der Waals surface area contributed by atoms with Crippen LogP contribution < -0.4 is 5.32 Å². The number of aliphatic imine (C=N–C) groups is 1. The summed E-state index contributed by atoms with van der Waals surface area (Å²) >= 11 is 1.21. The number of carbonyl (C=O) groups excluding carboxylic acids is 1. The van der Waals surface area contributed by atoms with Crippen molar-refractivity contribution in [3.63, 3.8) is 0 Å². The fraction of sp³-hybridized carbons (Fsp3) is 0.0769. The molecule has 7 nitrogen and oxygen atoms in total. The Bertz CT molecular complexity index is 1280.